The molecule has 0 atom stereocenters. The molecule has 1 saturated carbocycles. The van der Waals surface area contributed by atoms with Crippen LogP contribution in [0.2, 0.25) is 0 Å². The molecule has 6 heteroatoms. The summed E-state index contributed by atoms with van der Waals surface area (Å²) >= 11 is 1.40. The van der Waals surface area contributed by atoms with Gasteiger partial charge in [-0.15, -0.1) is 11.3 Å². The van der Waals surface area contributed by atoms with E-state index in [1.165, 1.54) is 24.2 Å². The van der Waals surface area contributed by atoms with Crippen molar-refractivity contribution in [3.63, 3.8) is 0 Å². The Balaban J connectivity index is 1.64. The molecule has 0 bridgehead atoms. The lowest BCUT2D eigenvalue weighted by Gasteiger charge is -2.03. The topological polar surface area (TPSA) is 60.5 Å². The Hall–Kier alpha value is -1.14. The van der Waals surface area contributed by atoms with Crippen molar-refractivity contribution < 1.29 is 14.3 Å². The van der Waals surface area contributed by atoms with Gasteiger partial charge >= 0.3 is 5.97 Å². The number of thiazole rings is 1. The van der Waals surface area contributed by atoms with E-state index in [0.29, 0.717) is 25.5 Å². The number of hydrogen-bond donors (Lipinski definition) is 1. The smallest absolute Gasteiger partial charge is 0.357 e. The van der Waals surface area contributed by atoms with Gasteiger partial charge < -0.3 is 14.8 Å². The van der Waals surface area contributed by atoms with Crippen LogP contribution in [-0.4, -0.2) is 37.3 Å². The predicted molar refractivity (Wildman–Crippen MR) is 70.1 cm³/mol. The lowest BCUT2D eigenvalue weighted by molar-refractivity contribution is 0.0520. The van der Waals surface area contributed by atoms with Gasteiger partial charge in [-0.25, -0.2) is 9.78 Å². The Kier molecular flexibility index (Phi) is 4.95. The zero-order valence-corrected chi connectivity index (χ0v) is 11.3. The zero-order chi connectivity index (χ0) is 12.8. The number of carbonyl (C=O) groups excluding carboxylic acids is 1. The maximum absolute atomic E-state index is 11.4. The predicted octanol–water partition coefficient (Wildman–Crippen LogP) is 2.16. The van der Waals surface area contributed by atoms with Crippen LogP contribution in [0.5, 0.6) is 0 Å². The Morgan fingerprint density at radius 1 is 1.61 bits per heavy atom. The van der Waals surface area contributed by atoms with Gasteiger partial charge in [-0.1, -0.05) is 0 Å². The largest absolute Gasteiger partial charge is 0.461 e. The second kappa shape index (κ2) is 6.70. The highest BCUT2D eigenvalue weighted by molar-refractivity contribution is 7.13. The third kappa shape index (κ3) is 4.27. The molecule has 1 aliphatic rings. The minimum atomic E-state index is -0.369. The summed E-state index contributed by atoms with van der Waals surface area (Å²) in [6.07, 6.45) is 2.62. The number of rotatable bonds is 8. The molecule has 1 N–H and O–H groups in total. The molecule has 1 aromatic heterocycles. The van der Waals surface area contributed by atoms with Crippen molar-refractivity contribution in [2.75, 3.05) is 31.7 Å². The summed E-state index contributed by atoms with van der Waals surface area (Å²) in [6, 6.07) is 0. The van der Waals surface area contributed by atoms with Gasteiger partial charge in [0, 0.05) is 18.5 Å². The first-order valence-corrected chi connectivity index (χ1v) is 7.12. The van der Waals surface area contributed by atoms with E-state index in [2.05, 4.69) is 10.3 Å². The highest BCUT2D eigenvalue weighted by Gasteiger charge is 2.20. The number of nitrogens with zero attached hydrogens (tertiary/aromatic N) is 1. The molecule has 0 spiro atoms. The van der Waals surface area contributed by atoms with Crippen LogP contribution in [0.25, 0.3) is 0 Å². The van der Waals surface area contributed by atoms with E-state index in [9.17, 15) is 4.79 Å². The minimum Gasteiger partial charge on any atom is -0.461 e. The van der Waals surface area contributed by atoms with E-state index in [1.54, 1.807) is 12.3 Å². The first-order valence-electron chi connectivity index (χ1n) is 6.24. The van der Waals surface area contributed by atoms with Crippen molar-refractivity contribution >= 4 is 22.4 Å². The number of ether oxygens (including phenoxy) is 2. The van der Waals surface area contributed by atoms with Crippen LogP contribution >= 0.6 is 11.3 Å². The Bertz CT molecular complexity index is 390. The van der Waals surface area contributed by atoms with Crippen LogP contribution < -0.4 is 5.32 Å². The molecule has 1 heterocycles. The fourth-order valence-corrected chi connectivity index (χ4v) is 2.13. The summed E-state index contributed by atoms with van der Waals surface area (Å²) in [4.78, 5) is 15.5. The van der Waals surface area contributed by atoms with Crippen molar-refractivity contribution in [3.05, 3.63) is 11.1 Å². The summed E-state index contributed by atoms with van der Waals surface area (Å²) in [7, 11) is 0. The van der Waals surface area contributed by atoms with E-state index in [0.717, 1.165) is 17.7 Å². The number of anilines is 1. The molecule has 1 fully saturated rings. The molecule has 1 aromatic rings. The molecule has 0 unspecified atom stereocenters. The van der Waals surface area contributed by atoms with Crippen molar-refractivity contribution in [2.45, 2.75) is 19.8 Å². The van der Waals surface area contributed by atoms with E-state index in [1.807, 2.05) is 0 Å². The molecule has 18 heavy (non-hydrogen) atoms. The standard InChI is InChI=1S/C12H18N2O3S/c1-2-17-11(15)10-8-18-12(14-10)13-5-6-16-7-9-3-4-9/h8-9H,2-7H2,1H3,(H,13,14). The van der Waals surface area contributed by atoms with Gasteiger partial charge in [-0.05, 0) is 25.7 Å². The highest BCUT2D eigenvalue weighted by Crippen LogP contribution is 2.28. The summed E-state index contributed by atoms with van der Waals surface area (Å²) in [5.41, 5.74) is 0.364. The minimum absolute atomic E-state index is 0.364. The van der Waals surface area contributed by atoms with Gasteiger partial charge in [0.15, 0.2) is 10.8 Å². The molecule has 0 radical (unpaired) electrons. The molecular weight excluding hydrogens is 252 g/mol. The van der Waals surface area contributed by atoms with Crippen molar-refractivity contribution in [1.29, 1.82) is 0 Å². The van der Waals surface area contributed by atoms with Crippen LogP contribution in [-0.2, 0) is 9.47 Å². The fourth-order valence-electron chi connectivity index (χ4n) is 1.42. The average Bonchev–Trinajstić information content (AvgIpc) is 3.06. The number of hydrogen-bond acceptors (Lipinski definition) is 6. The van der Waals surface area contributed by atoms with Crippen LogP contribution in [0.3, 0.4) is 0 Å². The van der Waals surface area contributed by atoms with E-state index in [-0.39, 0.29) is 5.97 Å². The van der Waals surface area contributed by atoms with Gasteiger partial charge in [-0.3, -0.25) is 0 Å². The maximum Gasteiger partial charge on any atom is 0.357 e. The van der Waals surface area contributed by atoms with Crippen molar-refractivity contribution in [3.8, 4) is 0 Å². The van der Waals surface area contributed by atoms with Crippen LogP contribution in [0.15, 0.2) is 5.38 Å². The number of carbonyl (C=O) groups is 1. The summed E-state index contributed by atoms with van der Waals surface area (Å²) in [5, 5.41) is 5.56. The third-order valence-corrected chi connectivity index (χ3v) is 3.36. The number of esters is 1. The van der Waals surface area contributed by atoms with Gasteiger partial charge in [0.25, 0.3) is 0 Å². The van der Waals surface area contributed by atoms with Gasteiger partial charge in [0.1, 0.15) is 0 Å². The molecule has 1 aliphatic carbocycles. The highest BCUT2D eigenvalue weighted by atomic mass is 32.1. The lowest BCUT2D eigenvalue weighted by Crippen LogP contribution is -2.11. The van der Waals surface area contributed by atoms with Crippen LogP contribution in [0, 0.1) is 5.92 Å². The quantitative estimate of drug-likeness (QED) is 0.579. The molecule has 0 aliphatic heterocycles. The Morgan fingerprint density at radius 3 is 3.17 bits per heavy atom. The molecule has 0 amide bonds. The van der Waals surface area contributed by atoms with E-state index in [4.69, 9.17) is 9.47 Å². The lowest BCUT2D eigenvalue weighted by atomic mass is 10.5. The summed E-state index contributed by atoms with van der Waals surface area (Å²) in [6.45, 7) is 4.40. The SMILES string of the molecule is CCOC(=O)c1csc(NCCOCC2CC2)n1. The molecular formula is C12H18N2O3S. The molecule has 100 valence electrons. The number of aromatic nitrogens is 1. The second-order valence-corrected chi connectivity index (χ2v) is 5.06. The van der Waals surface area contributed by atoms with Gasteiger partial charge in [0.2, 0.25) is 0 Å². The van der Waals surface area contributed by atoms with Crippen molar-refractivity contribution in [1.82, 2.24) is 4.98 Å². The summed E-state index contributed by atoms with van der Waals surface area (Å²) < 4.78 is 10.4. The first kappa shape index (κ1) is 13.3. The second-order valence-electron chi connectivity index (χ2n) is 4.20. The maximum atomic E-state index is 11.4. The number of nitrogens with one attached hydrogen (secondary N) is 1. The molecule has 0 saturated heterocycles. The van der Waals surface area contributed by atoms with Crippen molar-refractivity contribution in [2.24, 2.45) is 5.92 Å². The molecule has 0 aromatic carbocycles. The first-order chi connectivity index (χ1) is 8.79. The van der Waals surface area contributed by atoms with Crippen LogP contribution in [0.4, 0.5) is 5.13 Å². The van der Waals surface area contributed by atoms with Gasteiger partial charge in [0.05, 0.1) is 13.2 Å². The molecule has 2 rings (SSSR count). The van der Waals surface area contributed by atoms with E-state index >= 15 is 0 Å². The Labute approximate surface area is 111 Å². The average molecular weight is 270 g/mol. The monoisotopic (exact) mass is 270 g/mol. The fraction of sp³-hybridized carbons (Fsp3) is 0.667. The Morgan fingerprint density at radius 2 is 2.44 bits per heavy atom. The zero-order valence-electron chi connectivity index (χ0n) is 10.5. The van der Waals surface area contributed by atoms with Crippen LogP contribution in [0.1, 0.15) is 30.3 Å². The molecule has 5 nitrogen and oxygen atoms in total. The van der Waals surface area contributed by atoms with Gasteiger partial charge in [-0.2, -0.15) is 0 Å². The summed E-state index contributed by atoms with van der Waals surface area (Å²) in [5.74, 6) is 0.423. The third-order valence-electron chi connectivity index (χ3n) is 2.56. The van der Waals surface area contributed by atoms with E-state index < -0.39 is 0 Å². The normalized spacial score (nSPS) is 14.5.